The fraction of sp³-hybridized carbons (Fsp3) is 0.500. The van der Waals surface area contributed by atoms with Crippen LogP contribution in [0.1, 0.15) is 0 Å². The van der Waals surface area contributed by atoms with Gasteiger partial charge >= 0.3 is 118 Å². The van der Waals surface area contributed by atoms with Crippen LogP contribution in [0.5, 0.6) is 0 Å². The number of carboxylic acids is 4. The van der Waals surface area contributed by atoms with Crippen molar-refractivity contribution in [2.24, 2.45) is 0 Å². The van der Waals surface area contributed by atoms with Crippen molar-refractivity contribution < 1.29 is 158 Å². The number of carbonyl (C=O) groups is 4. The van der Waals surface area contributed by atoms with Crippen LogP contribution >= 0.6 is 0 Å². The van der Waals surface area contributed by atoms with Crippen LogP contribution in [0.25, 0.3) is 0 Å². The maximum Gasteiger partial charge on any atom is 1.00 e. The van der Waals surface area contributed by atoms with E-state index in [0.717, 1.165) is 0 Å². The van der Waals surface area contributed by atoms with Crippen molar-refractivity contribution in [1.82, 2.24) is 10.6 Å². The molecule has 0 heterocycles. The number of carbonyl (C=O) groups excluding carboxylic acids is 4. The second kappa shape index (κ2) is 19.1. The summed E-state index contributed by atoms with van der Waals surface area (Å²) in [5.41, 5.74) is 0. The van der Waals surface area contributed by atoms with Crippen LogP contribution in [0.15, 0.2) is 0 Å². The number of hydrogen-bond donors (Lipinski definition) is 2. The average Bonchev–Trinajstić information content (AvgIpc) is 2.20. The smallest absolute Gasteiger partial charge is 0.548 e. The zero-order chi connectivity index (χ0) is 14.3. The van der Waals surface area contributed by atoms with Gasteiger partial charge in [0.25, 0.3) is 0 Å². The molecule has 0 aromatic heterocycles. The standard InChI is InChI=1S/C8H12N2O8.4Na/c11-5(12)3(6(13)14)9-1-2-10-4(7(15)16)8(17)18;;;;/h3-4,9-10H,1-2H2,(H,11,12)(H,13,14)(H,15,16)(H,17,18);;;;/q;4*+1/p-4. The fourth-order valence-electron chi connectivity index (χ4n) is 0.959. The van der Waals surface area contributed by atoms with E-state index in [9.17, 15) is 39.6 Å². The number of carboxylic acid groups (broad SMARTS) is 4. The predicted molar refractivity (Wildman–Crippen MR) is 43.6 cm³/mol. The molecule has 0 spiro atoms. The van der Waals surface area contributed by atoms with E-state index in [1.54, 1.807) is 0 Å². The van der Waals surface area contributed by atoms with Gasteiger partial charge < -0.3 is 50.2 Å². The molecule has 102 valence electrons. The third-order valence-electron chi connectivity index (χ3n) is 1.76. The molecular formula is C8H8N2Na4O8. The summed E-state index contributed by atoms with van der Waals surface area (Å²) >= 11 is 0. The Morgan fingerprint density at radius 3 is 0.909 bits per heavy atom. The van der Waals surface area contributed by atoms with E-state index < -0.39 is 36.0 Å². The van der Waals surface area contributed by atoms with E-state index in [1.165, 1.54) is 0 Å². The quantitative estimate of drug-likeness (QED) is 0.229. The SMILES string of the molecule is O=C([O-])C(NCCNC(C(=O)[O-])C(=O)[O-])C(=O)[O-].[Na+].[Na+].[Na+].[Na+]. The van der Waals surface area contributed by atoms with Gasteiger partial charge in [-0.05, 0) is 0 Å². The van der Waals surface area contributed by atoms with Crippen molar-refractivity contribution in [2.45, 2.75) is 12.1 Å². The molecule has 0 unspecified atom stereocenters. The zero-order valence-electron chi connectivity index (χ0n) is 12.8. The molecule has 0 aromatic carbocycles. The molecule has 22 heavy (non-hydrogen) atoms. The summed E-state index contributed by atoms with van der Waals surface area (Å²) in [5, 5.41) is 44.9. The van der Waals surface area contributed by atoms with Crippen LogP contribution in [0.4, 0.5) is 0 Å². The monoisotopic (exact) mass is 352 g/mol. The van der Waals surface area contributed by atoms with E-state index in [0.29, 0.717) is 0 Å². The van der Waals surface area contributed by atoms with Gasteiger partial charge in [-0.25, -0.2) is 0 Å². The van der Waals surface area contributed by atoms with Gasteiger partial charge in [-0.3, -0.25) is 0 Å². The van der Waals surface area contributed by atoms with E-state index in [-0.39, 0.29) is 131 Å². The van der Waals surface area contributed by atoms with E-state index >= 15 is 0 Å². The van der Waals surface area contributed by atoms with Crippen molar-refractivity contribution in [2.75, 3.05) is 13.1 Å². The number of nitrogens with one attached hydrogen (secondary N) is 2. The minimum Gasteiger partial charge on any atom is -0.548 e. The summed E-state index contributed by atoms with van der Waals surface area (Å²) in [4.78, 5) is 41.0. The Hall–Kier alpha value is 1.80. The first-order valence-electron chi connectivity index (χ1n) is 4.57. The van der Waals surface area contributed by atoms with Crippen LogP contribution < -0.4 is 149 Å². The summed E-state index contributed by atoms with van der Waals surface area (Å²) in [6.07, 6.45) is 0. The minimum absolute atomic E-state index is 0. The van der Waals surface area contributed by atoms with E-state index in [2.05, 4.69) is 0 Å². The van der Waals surface area contributed by atoms with Crippen molar-refractivity contribution in [3.63, 3.8) is 0 Å². The number of aliphatic carboxylic acids is 4. The summed E-state index contributed by atoms with van der Waals surface area (Å²) < 4.78 is 0. The molecule has 2 N–H and O–H groups in total. The average molecular weight is 352 g/mol. The summed E-state index contributed by atoms with van der Waals surface area (Å²) in [5.74, 6) is -7.75. The Balaban J connectivity index is -0.000000241. The van der Waals surface area contributed by atoms with Gasteiger partial charge in [-0.1, -0.05) is 0 Å². The van der Waals surface area contributed by atoms with Crippen LogP contribution in [-0.2, 0) is 19.2 Å². The van der Waals surface area contributed by atoms with Crippen LogP contribution in [-0.4, -0.2) is 49.1 Å². The van der Waals surface area contributed by atoms with Gasteiger partial charge in [-0.15, -0.1) is 0 Å². The van der Waals surface area contributed by atoms with Crippen molar-refractivity contribution in [3.05, 3.63) is 0 Å². The topological polar surface area (TPSA) is 185 Å². The Labute approximate surface area is 214 Å². The van der Waals surface area contributed by atoms with Crippen molar-refractivity contribution >= 4 is 23.9 Å². The van der Waals surface area contributed by atoms with Gasteiger partial charge in [0.05, 0.1) is 36.0 Å². The molecule has 0 saturated carbocycles. The minimum atomic E-state index is -2.09. The first kappa shape index (κ1) is 35.0. The molecule has 0 atom stereocenters. The molecule has 0 aliphatic rings. The van der Waals surface area contributed by atoms with Gasteiger partial charge in [0.1, 0.15) is 0 Å². The summed E-state index contributed by atoms with van der Waals surface area (Å²) in [7, 11) is 0. The van der Waals surface area contributed by atoms with Crippen LogP contribution in [0, 0.1) is 0 Å². The van der Waals surface area contributed by atoms with Crippen LogP contribution in [0.3, 0.4) is 0 Å². The first-order valence-corrected chi connectivity index (χ1v) is 4.57. The normalized spacial score (nSPS) is 8.64. The predicted octanol–water partition coefficient (Wildman–Crippen LogP) is -20.1. The third kappa shape index (κ3) is 15.3. The molecule has 0 bridgehead atoms. The Morgan fingerprint density at radius 1 is 0.591 bits per heavy atom. The molecule has 0 aromatic rings. The maximum atomic E-state index is 10.3. The summed E-state index contributed by atoms with van der Waals surface area (Å²) in [6.45, 7) is -0.715. The molecule has 10 nitrogen and oxygen atoms in total. The maximum absolute atomic E-state index is 10.3. The van der Waals surface area contributed by atoms with Gasteiger partial charge in [0.2, 0.25) is 0 Å². The molecular weight excluding hydrogens is 344 g/mol. The molecule has 0 radical (unpaired) electrons. The fourth-order valence-corrected chi connectivity index (χ4v) is 0.959. The molecule has 0 aliphatic carbocycles. The second-order valence-electron chi connectivity index (χ2n) is 3.05. The number of hydrogen-bond acceptors (Lipinski definition) is 10. The van der Waals surface area contributed by atoms with Crippen molar-refractivity contribution in [1.29, 1.82) is 0 Å². The first-order chi connectivity index (χ1) is 8.27. The Bertz CT molecular complexity index is 308. The van der Waals surface area contributed by atoms with Gasteiger partial charge in [0, 0.05) is 13.1 Å². The van der Waals surface area contributed by atoms with E-state index in [1.807, 2.05) is 10.6 Å². The third-order valence-corrected chi connectivity index (χ3v) is 1.76. The van der Waals surface area contributed by atoms with E-state index in [4.69, 9.17) is 0 Å². The molecule has 14 heteroatoms. The number of rotatable bonds is 9. The van der Waals surface area contributed by atoms with Gasteiger partial charge in [-0.2, -0.15) is 0 Å². The molecule has 0 rings (SSSR count). The Kier molecular flexibility index (Phi) is 30.4. The second-order valence-corrected chi connectivity index (χ2v) is 3.05. The van der Waals surface area contributed by atoms with Crippen LogP contribution in [0.2, 0.25) is 0 Å². The summed E-state index contributed by atoms with van der Waals surface area (Å²) in [6, 6.07) is -4.17. The molecule has 0 fully saturated rings. The zero-order valence-corrected chi connectivity index (χ0v) is 20.8. The van der Waals surface area contributed by atoms with Gasteiger partial charge in [0.15, 0.2) is 0 Å². The largest absolute Gasteiger partial charge is 1.00 e. The van der Waals surface area contributed by atoms with Crippen molar-refractivity contribution in [3.8, 4) is 0 Å². The molecule has 0 saturated heterocycles. The molecule has 0 aliphatic heterocycles. The Morgan fingerprint density at radius 2 is 0.773 bits per heavy atom. The molecule has 0 amide bonds.